The first-order chi connectivity index (χ1) is 9.49. The number of hydrogen-bond acceptors (Lipinski definition) is 3. The molecule has 4 heteroatoms. The van der Waals surface area contributed by atoms with Gasteiger partial charge in [-0.15, -0.1) is 0 Å². The molecule has 0 aliphatic heterocycles. The van der Waals surface area contributed by atoms with E-state index in [0.717, 1.165) is 12.0 Å². The van der Waals surface area contributed by atoms with E-state index in [0.29, 0.717) is 23.6 Å². The first-order valence-corrected chi connectivity index (χ1v) is 7.50. The fraction of sp³-hybridized carbons (Fsp3) is 0.625. The predicted octanol–water partition coefficient (Wildman–Crippen LogP) is 4.53. The molecule has 0 aromatic heterocycles. The Morgan fingerprint density at radius 3 is 2.65 bits per heavy atom. The van der Waals surface area contributed by atoms with Crippen molar-refractivity contribution in [3.05, 3.63) is 33.9 Å². The Kier molecular flexibility index (Phi) is 4.63. The van der Waals surface area contributed by atoms with Gasteiger partial charge in [0.15, 0.2) is 0 Å². The quantitative estimate of drug-likeness (QED) is 0.649. The van der Waals surface area contributed by atoms with Crippen molar-refractivity contribution in [3.8, 4) is 0 Å². The number of rotatable bonds is 4. The number of anilines is 1. The highest BCUT2D eigenvalue weighted by molar-refractivity contribution is 5.63. The monoisotopic (exact) mass is 276 g/mol. The molecule has 1 aromatic rings. The first-order valence-electron chi connectivity index (χ1n) is 7.50. The Labute approximate surface area is 120 Å². The van der Waals surface area contributed by atoms with Crippen molar-refractivity contribution < 1.29 is 4.92 Å². The van der Waals surface area contributed by atoms with Crippen molar-refractivity contribution in [1.82, 2.24) is 0 Å². The lowest BCUT2D eigenvalue weighted by molar-refractivity contribution is -0.384. The van der Waals surface area contributed by atoms with E-state index < -0.39 is 0 Å². The van der Waals surface area contributed by atoms with E-state index in [2.05, 4.69) is 19.2 Å². The topological polar surface area (TPSA) is 55.2 Å². The molecule has 0 radical (unpaired) electrons. The molecule has 110 valence electrons. The number of nitrogens with one attached hydrogen (secondary N) is 1. The zero-order chi connectivity index (χ0) is 14.7. The van der Waals surface area contributed by atoms with E-state index in [9.17, 15) is 10.1 Å². The summed E-state index contributed by atoms with van der Waals surface area (Å²) >= 11 is 0. The van der Waals surface area contributed by atoms with Crippen molar-refractivity contribution in [2.24, 2.45) is 11.8 Å². The third kappa shape index (κ3) is 3.30. The molecule has 0 bridgehead atoms. The van der Waals surface area contributed by atoms with Gasteiger partial charge < -0.3 is 5.32 Å². The number of aryl methyl sites for hydroxylation is 1. The summed E-state index contributed by atoms with van der Waals surface area (Å²) in [4.78, 5) is 10.9. The van der Waals surface area contributed by atoms with Gasteiger partial charge in [-0.05, 0) is 43.2 Å². The number of benzene rings is 1. The molecule has 2 atom stereocenters. The van der Waals surface area contributed by atoms with Gasteiger partial charge in [-0.25, -0.2) is 0 Å². The molecule has 1 N–H and O–H groups in total. The molecular formula is C16H24N2O2. The second-order valence-corrected chi connectivity index (χ2v) is 6.22. The van der Waals surface area contributed by atoms with Crippen molar-refractivity contribution >= 4 is 11.4 Å². The molecule has 1 aromatic carbocycles. The zero-order valence-corrected chi connectivity index (χ0v) is 12.6. The third-order valence-corrected chi connectivity index (χ3v) is 4.37. The molecule has 1 aliphatic rings. The predicted molar refractivity (Wildman–Crippen MR) is 82.0 cm³/mol. The molecule has 0 spiro atoms. The molecule has 1 aliphatic carbocycles. The van der Waals surface area contributed by atoms with Crippen LogP contribution in [0.1, 0.15) is 45.1 Å². The summed E-state index contributed by atoms with van der Waals surface area (Å²) in [6.07, 6.45) is 4.81. The van der Waals surface area contributed by atoms with Gasteiger partial charge in [0.25, 0.3) is 5.69 Å². The van der Waals surface area contributed by atoms with E-state index in [-0.39, 0.29) is 10.6 Å². The number of hydrogen-bond donors (Lipinski definition) is 1. The van der Waals surface area contributed by atoms with Crippen molar-refractivity contribution in [2.75, 3.05) is 5.32 Å². The number of nitro groups is 1. The molecule has 2 unspecified atom stereocenters. The molecule has 1 saturated carbocycles. The van der Waals surface area contributed by atoms with Crippen molar-refractivity contribution in [1.29, 1.82) is 0 Å². The highest BCUT2D eigenvalue weighted by Crippen LogP contribution is 2.34. The summed E-state index contributed by atoms with van der Waals surface area (Å²) < 4.78 is 0. The van der Waals surface area contributed by atoms with Crippen LogP contribution in [-0.4, -0.2) is 11.0 Å². The van der Waals surface area contributed by atoms with E-state index >= 15 is 0 Å². The maximum atomic E-state index is 11.2. The first kappa shape index (κ1) is 14.8. The van der Waals surface area contributed by atoms with Crippen molar-refractivity contribution in [3.63, 3.8) is 0 Å². The van der Waals surface area contributed by atoms with Crippen LogP contribution in [0.4, 0.5) is 11.4 Å². The highest BCUT2D eigenvalue weighted by Gasteiger charge is 2.29. The van der Waals surface area contributed by atoms with Crippen LogP contribution in [0, 0.1) is 28.9 Å². The minimum absolute atomic E-state index is 0.193. The average Bonchev–Trinajstić information content (AvgIpc) is 2.41. The van der Waals surface area contributed by atoms with E-state index in [1.165, 1.54) is 19.3 Å². The Morgan fingerprint density at radius 2 is 2.00 bits per heavy atom. The summed E-state index contributed by atoms with van der Waals surface area (Å²) in [6, 6.07) is 5.78. The van der Waals surface area contributed by atoms with Gasteiger partial charge in [-0.3, -0.25) is 10.1 Å². The second-order valence-electron chi connectivity index (χ2n) is 6.22. The van der Waals surface area contributed by atoms with Gasteiger partial charge in [-0.2, -0.15) is 0 Å². The van der Waals surface area contributed by atoms with Crippen LogP contribution in [-0.2, 0) is 0 Å². The molecule has 4 nitrogen and oxygen atoms in total. The van der Waals surface area contributed by atoms with E-state index in [1.807, 2.05) is 19.1 Å². The lowest BCUT2D eigenvalue weighted by Crippen LogP contribution is -2.35. The summed E-state index contributed by atoms with van der Waals surface area (Å²) in [5.74, 6) is 1.21. The fourth-order valence-electron chi connectivity index (χ4n) is 3.25. The van der Waals surface area contributed by atoms with Crippen molar-refractivity contribution in [2.45, 2.75) is 52.5 Å². The summed E-state index contributed by atoms with van der Waals surface area (Å²) in [5.41, 5.74) is 1.78. The Balaban J connectivity index is 2.22. The summed E-state index contributed by atoms with van der Waals surface area (Å²) in [7, 11) is 0. The van der Waals surface area contributed by atoms with Crippen LogP contribution >= 0.6 is 0 Å². The molecular weight excluding hydrogens is 252 g/mol. The lowest BCUT2D eigenvalue weighted by Gasteiger charge is -2.35. The average molecular weight is 276 g/mol. The zero-order valence-electron chi connectivity index (χ0n) is 12.6. The smallest absolute Gasteiger partial charge is 0.292 e. The SMILES string of the molecule is Cc1ccc(NC2CCCCC2C(C)C)c([N+](=O)[O-])c1. The van der Waals surface area contributed by atoms with Crippen LogP contribution in [0.3, 0.4) is 0 Å². The van der Waals surface area contributed by atoms with Crippen LogP contribution in [0.25, 0.3) is 0 Å². The lowest BCUT2D eigenvalue weighted by atomic mass is 9.77. The molecule has 2 rings (SSSR count). The largest absolute Gasteiger partial charge is 0.376 e. The Bertz CT molecular complexity index is 485. The molecule has 0 heterocycles. The molecule has 1 fully saturated rings. The van der Waals surface area contributed by atoms with E-state index in [4.69, 9.17) is 0 Å². The minimum Gasteiger partial charge on any atom is -0.376 e. The maximum absolute atomic E-state index is 11.2. The Morgan fingerprint density at radius 1 is 1.30 bits per heavy atom. The number of nitro benzene ring substituents is 1. The van der Waals surface area contributed by atoms with E-state index in [1.54, 1.807) is 6.07 Å². The molecule has 20 heavy (non-hydrogen) atoms. The maximum Gasteiger partial charge on any atom is 0.292 e. The van der Waals surface area contributed by atoms with Gasteiger partial charge in [0.05, 0.1) is 4.92 Å². The van der Waals surface area contributed by atoms with Gasteiger partial charge >= 0.3 is 0 Å². The highest BCUT2D eigenvalue weighted by atomic mass is 16.6. The van der Waals surface area contributed by atoms with Crippen LogP contribution in [0.2, 0.25) is 0 Å². The van der Waals surface area contributed by atoms with Gasteiger partial charge in [0.1, 0.15) is 5.69 Å². The van der Waals surface area contributed by atoms with Gasteiger partial charge in [0, 0.05) is 12.1 Å². The number of nitrogens with zero attached hydrogens (tertiary/aromatic N) is 1. The van der Waals surface area contributed by atoms with Crippen LogP contribution in [0.5, 0.6) is 0 Å². The molecule has 0 amide bonds. The summed E-state index contributed by atoms with van der Waals surface area (Å²) in [6.45, 7) is 6.37. The van der Waals surface area contributed by atoms with Crippen LogP contribution in [0.15, 0.2) is 18.2 Å². The van der Waals surface area contributed by atoms with Gasteiger partial charge in [-0.1, -0.05) is 32.8 Å². The van der Waals surface area contributed by atoms with Gasteiger partial charge in [0.2, 0.25) is 0 Å². The normalized spacial score (nSPS) is 22.8. The molecule has 0 saturated heterocycles. The summed E-state index contributed by atoms with van der Waals surface area (Å²) in [5, 5.41) is 14.6. The fourth-order valence-corrected chi connectivity index (χ4v) is 3.25. The standard InChI is InChI=1S/C16H24N2O2/c1-11(2)13-6-4-5-7-14(13)17-15-9-8-12(3)10-16(15)18(19)20/h8-11,13-14,17H,4-7H2,1-3H3. The second kappa shape index (κ2) is 6.25. The Hall–Kier alpha value is -1.58. The third-order valence-electron chi connectivity index (χ3n) is 4.37. The van der Waals surface area contributed by atoms with Crippen LogP contribution < -0.4 is 5.32 Å². The minimum atomic E-state index is -0.289.